The van der Waals surface area contributed by atoms with E-state index in [1.165, 1.54) is 6.08 Å². The summed E-state index contributed by atoms with van der Waals surface area (Å²) in [5.74, 6) is -2.44. The molecule has 0 unspecified atom stereocenters. The smallest absolute Gasteiger partial charge is 0.248 e. The van der Waals surface area contributed by atoms with E-state index in [1.54, 1.807) is 103 Å². The maximum Gasteiger partial charge on any atom is 0.248 e. The summed E-state index contributed by atoms with van der Waals surface area (Å²) in [6.07, 6.45) is 2.98. The molecule has 0 saturated heterocycles. The van der Waals surface area contributed by atoms with Crippen LogP contribution in [0.1, 0.15) is 17.0 Å². The molecule has 4 aromatic carbocycles. The van der Waals surface area contributed by atoms with Crippen molar-refractivity contribution in [3.05, 3.63) is 126 Å². The van der Waals surface area contributed by atoms with Crippen molar-refractivity contribution in [2.75, 3.05) is 21.7 Å². The van der Waals surface area contributed by atoms with Gasteiger partial charge in [-0.2, -0.15) is 0 Å². The number of carbonyl (C=O) groups is 3. The molecule has 7 heteroatoms. The molecule has 4 aromatic rings. The van der Waals surface area contributed by atoms with Gasteiger partial charge in [0.25, 0.3) is 0 Å². The first-order chi connectivity index (χ1) is 18.0. The van der Waals surface area contributed by atoms with Crippen molar-refractivity contribution in [1.29, 1.82) is 0 Å². The molecule has 5 N–H and O–H groups in total. The van der Waals surface area contributed by atoms with Gasteiger partial charge in [0.05, 0.1) is 11.4 Å². The molecule has 0 radical (unpaired) electrons. The highest BCUT2D eigenvalue weighted by atomic mass is 16.2. The predicted molar refractivity (Wildman–Crippen MR) is 148 cm³/mol. The van der Waals surface area contributed by atoms with Gasteiger partial charge in [-0.3, -0.25) is 14.4 Å². The van der Waals surface area contributed by atoms with E-state index in [0.29, 0.717) is 33.9 Å². The molecular formula is C30H26N4O3. The number of benzene rings is 4. The summed E-state index contributed by atoms with van der Waals surface area (Å²) >= 11 is 0. The minimum Gasteiger partial charge on any atom is -0.397 e. The van der Waals surface area contributed by atoms with E-state index in [0.717, 1.165) is 0 Å². The van der Waals surface area contributed by atoms with Crippen LogP contribution in [0.5, 0.6) is 0 Å². The maximum absolute atomic E-state index is 13.3. The molecule has 0 aliphatic heterocycles. The van der Waals surface area contributed by atoms with Gasteiger partial charge in [0.1, 0.15) is 5.92 Å². The zero-order chi connectivity index (χ0) is 26.0. The molecule has 0 aliphatic rings. The molecule has 0 saturated carbocycles. The SMILES string of the molecule is Nc1ccccc1NC(=O)/C=C/c1cccc(C(C(=O)Nc2ccccc2)C(=O)Nc2ccccc2)c1. The van der Waals surface area contributed by atoms with Crippen molar-refractivity contribution in [2.24, 2.45) is 0 Å². The number of nitrogens with two attached hydrogens (primary N) is 1. The fourth-order valence-electron chi connectivity index (χ4n) is 3.69. The average Bonchev–Trinajstić information content (AvgIpc) is 2.90. The molecule has 0 heterocycles. The summed E-state index contributed by atoms with van der Waals surface area (Å²) in [5, 5.41) is 8.36. The molecule has 0 spiro atoms. The van der Waals surface area contributed by atoms with E-state index in [1.807, 2.05) is 12.1 Å². The fourth-order valence-corrected chi connectivity index (χ4v) is 3.69. The molecule has 0 bridgehead atoms. The number of hydrogen-bond donors (Lipinski definition) is 4. The molecule has 184 valence electrons. The molecule has 0 aliphatic carbocycles. The van der Waals surface area contributed by atoms with Crippen LogP contribution in [-0.4, -0.2) is 17.7 Å². The molecule has 0 atom stereocenters. The number of para-hydroxylation sites is 4. The minimum atomic E-state index is -1.13. The first-order valence-electron chi connectivity index (χ1n) is 11.6. The quantitative estimate of drug-likeness (QED) is 0.153. The Kier molecular flexibility index (Phi) is 8.08. The summed E-state index contributed by atoms with van der Waals surface area (Å²) in [7, 11) is 0. The first-order valence-corrected chi connectivity index (χ1v) is 11.6. The second-order valence-corrected chi connectivity index (χ2v) is 8.22. The lowest BCUT2D eigenvalue weighted by atomic mass is 9.95. The Morgan fingerprint density at radius 1 is 0.649 bits per heavy atom. The first kappa shape index (κ1) is 24.9. The maximum atomic E-state index is 13.3. The van der Waals surface area contributed by atoms with Gasteiger partial charge >= 0.3 is 0 Å². The van der Waals surface area contributed by atoms with Crippen LogP contribution in [-0.2, 0) is 14.4 Å². The van der Waals surface area contributed by atoms with E-state index in [-0.39, 0.29) is 5.91 Å². The Hall–Kier alpha value is -5.17. The third-order valence-corrected chi connectivity index (χ3v) is 5.50. The standard InChI is InChI=1S/C30H26N4O3/c31-25-16-7-8-17-26(25)34-27(35)19-18-21-10-9-11-22(20-21)28(29(36)32-23-12-3-1-4-13-23)30(37)33-24-14-5-2-6-15-24/h1-20,28H,31H2,(H,32,36)(H,33,37)(H,34,35)/b19-18+. The van der Waals surface area contributed by atoms with Crippen LogP contribution in [0.25, 0.3) is 6.08 Å². The lowest BCUT2D eigenvalue weighted by molar-refractivity contribution is -0.126. The number of rotatable bonds is 8. The molecule has 37 heavy (non-hydrogen) atoms. The summed E-state index contributed by atoms with van der Waals surface area (Å²) in [6.45, 7) is 0. The van der Waals surface area contributed by atoms with Gasteiger partial charge in [-0.25, -0.2) is 0 Å². The second kappa shape index (κ2) is 12.0. The summed E-state index contributed by atoms with van der Waals surface area (Å²) in [4.78, 5) is 39.0. The van der Waals surface area contributed by atoms with Crippen molar-refractivity contribution in [3.8, 4) is 0 Å². The van der Waals surface area contributed by atoms with Crippen LogP contribution < -0.4 is 21.7 Å². The van der Waals surface area contributed by atoms with E-state index in [9.17, 15) is 14.4 Å². The molecule has 3 amide bonds. The van der Waals surface area contributed by atoms with Crippen LogP contribution in [0.15, 0.2) is 115 Å². The average molecular weight is 491 g/mol. The van der Waals surface area contributed by atoms with Crippen LogP contribution in [0.2, 0.25) is 0 Å². The predicted octanol–water partition coefficient (Wildman–Crippen LogP) is 5.28. The largest absolute Gasteiger partial charge is 0.397 e. The van der Waals surface area contributed by atoms with E-state index in [4.69, 9.17) is 5.73 Å². The number of nitrogens with one attached hydrogen (secondary N) is 3. The highest BCUT2D eigenvalue weighted by molar-refractivity contribution is 6.15. The molecule has 4 rings (SSSR count). The summed E-state index contributed by atoms with van der Waals surface area (Å²) < 4.78 is 0. The van der Waals surface area contributed by atoms with Crippen molar-refractivity contribution in [1.82, 2.24) is 0 Å². The molecule has 0 aromatic heterocycles. The highest BCUT2D eigenvalue weighted by Crippen LogP contribution is 2.23. The van der Waals surface area contributed by atoms with Crippen molar-refractivity contribution in [3.63, 3.8) is 0 Å². The third-order valence-electron chi connectivity index (χ3n) is 5.50. The van der Waals surface area contributed by atoms with Gasteiger partial charge in [0, 0.05) is 17.5 Å². The summed E-state index contributed by atoms with van der Waals surface area (Å²) in [5.41, 5.74) is 9.16. The van der Waals surface area contributed by atoms with Crippen LogP contribution in [0, 0.1) is 0 Å². The Morgan fingerprint density at radius 3 is 1.81 bits per heavy atom. The number of carbonyl (C=O) groups excluding carboxylic acids is 3. The van der Waals surface area contributed by atoms with Crippen molar-refractivity contribution >= 4 is 46.5 Å². The molecular weight excluding hydrogens is 464 g/mol. The second-order valence-electron chi connectivity index (χ2n) is 8.22. The van der Waals surface area contributed by atoms with Gasteiger partial charge in [-0.05, 0) is 53.6 Å². The van der Waals surface area contributed by atoms with E-state index < -0.39 is 17.7 Å². The lowest BCUT2D eigenvalue weighted by Gasteiger charge is -2.18. The van der Waals surface area contributed by atoms with Crippen LogP contribution in [0.4, 0.5) is 22.7 Å². The molecule has 7 nitrogen and oxygen atoms in total. The zero-order valence-electron chi connectivity index (χ0n) is 19.9. The Bertz CT molecular complexity index is 1370. The van der Waals surface area contributed by atoms with Crippen LogP contribution in [0.3, 0.4) is 0 Å². The lowest BCUT2D eigenvalue weighted by Crippen LogP contribution is -2.32. The number of nitrogen functional groups attached to an aromatic ring is 1. The van der Waals surface area contributed by atoms with Crippen molar-refractivity contribution in [2.45, 2.75) is 5.92 Å². The van der Waals surface area contributed by atoms with Gasteiger partial charge in [-0.15, -0.1) is 0 Å². The highest BCUT2D eigenvalue weighted by Gasteiger charge is 2.29. The Morgan fingerprint density at radius 2 is 1.22 bits per heavy atom. The monoisotopic (exact) mass is 490 g/mol. The normalized spacial score (nSPS) is 10.7. The van der Waals surface area contributed by atoms with Gasteiger partial charge in [0.15, 0.2) is 0 Å². The Balaban J connectivity index is 1.56. The van der Waals surface area contributed by atoms with Gasteiger partial charge in [0.2, 0.25) is 17.7 Å². The number of hydrogen-bond acceptors (Lipinski definition) is 4. The van der Waals surface area contributed by atoms with Gasteiger partial charge in [-0.1, -0.05) is 72.8 Å². The van der Waals surface area contributed by atoms with E-state index >= 15 is 0 Å². The van der Waals surface area contributed by atoms with Crippen molar-refractivity contribution < 1.29 is 14.4 Å². The number of anilines is 4. The minimum absolute atomic E-state index is 0.358. The zero-order valence-corrected chi connectivity index (χ0v) is 19.9. The van der Waals surface area contributed by atoms with Gasteiger partial charge < -0.3 is 21.7 Å². The topological polar surface area (TPSA) is 113 Å². The third kappa shape index (κ3) is 6.93. The van der Waals surface area contributed by atoms with E-state index in [2.05, 4.69) is 16.0 Å². The fraction of sp³-hybridized carbons (Fsp3) is 0.0333. The Labute approximate surface area is 215 Å². The summed E-state index contributed by atoms with van der Waals surface area (Å²) in [6, 6.07) is 31.8. The number of amides is 3. The molecule has 0 fully saturated rings. The van der Waals surface area contributed by atoms with Crippen LogP contribution >= 0.6 is 0 Å².